The van der Waals surface area contributed by atoms with Gasteiger partial charge >= 0.3 is 0 Å². The van der Waals surface area contributed by atoms with Crippen LogP contribution in [0.1, 0.15) is 5.82 Å². The van der Waals surface area contributed by atoms with Crippen molar-refractivity contribution in [3.63, 3.8) is 0 Å². The number of benzene rings is 1. The second kappa shape index (κ2) is 5.12. The van der Waals surface area contributed by atoms with Crippen molar-refractivity contribution >= 4 is 16.9 Å². The van der Waals surface area contributed by atoms with Crippen LogP contribution in [-0.2, 0) is 17.9 Å². The van der Waals surface area contributed by atoms with Gasteiger partial charge in [-0.15, -0.1) is 0 Å². The molecule has 0 aliphatic carbocycles. The molecule has 0 spiro atoms. The first-order valence-corrected chi connectivity index (χ1v) is 6.22. The van der Waals surface area contributed by atoms with E-state index in [1.807, 2.05) is 28.8 Å². The number of para-hydroxylation sites is 2. The van der Waals surface area contributed by atoms with Gasteiger partial charge < -0.3 is 9.47 Å². The highest BCUT2D eigenvalue weighted by Crippen LogP contribution is 2.12. The van der Waals surface area contributed by atoms with Crippen LogP contribution in [0.15, 0.2) is 36.9 Å². The number of nitrogens with zero attached hydrogens (tertiary/aromatic N) is 5. The first-order chi connectivity index (χ1) is 9.74. The number of fused-ring (bicyclic) bond motifs is 1. The minimum Gasteiger partial charge on any atom is -0.337 e. The zero-order valence-electron chi connectivity index (χ0n) is 11.0. The van der Waals surface area contributed by atoms with E-state index in [0.717, 1.165) is 11.0 Å². The summed E-state index contributed by atoms with van der Waals surface area (Å²) in [7, 11) is 1.74. The summed E-state index contributed by atoms with van der Waals surface area (Å²) < 4.78 is 1.84. The lowest BCUT2D eigenvalue weighted by molar-refractivity contribution is -0.131. The predicted molar refractivity (Wildman–Crippen MR) is 72.6 cm³/mol. The van der Waals surface area contributed by atoms with Crippen molar-refractivity contribution in [1.82, 2.24) is 29.6 Å². The number of imidazole rings is 1. The molecule has 20 heavy (non-hydrogen) atoms. The minimum atomic E-state index is -0.00967. The quantitative estimate of drug-likeness (QED) is 0.761. The topological polar surface area (TPSA) is 79.7 Å². The third-order valence-corrected chi connectivity index (χ3v) is 3.11. The maximum atomic E-state index is 12.2. The van der Waals surface area contributed by atoms with Crippen molar-refractivity contribution in [2.45, 2.75) is 13.1 Å². The molecular formula is C13H14N6O. The molecule has 7 nitrogen and oxygen atoms in total. The molecule has 0 unspecified atom stereocenters. The average Bonchev–Trinajstić information content (AvgIpc) is 3.09. The second-order valence-electron chi connectivity index (χ2n) is 4.54. The highest BCUT2D eigenvalue weighted by molar-refractivity contribution is 5.80. The van der Waals surface area contributed by atoms with Crippen molar-refractivity contribution in [3.05, 3.63) is 42.7 Å². The Bertz CT molecular complexity index is 717. The summed E-state index contributed by atoms with van der Waals surface area (Å²) in [4.78, 5) is 22.1. The number of rotatable bonds is 4. The number of carbonyl (C=O) groups is 1. The zero-order chi connectivity index (χ0) is 13.9. The van der Waals surface area contributed by atoms with Crippen LogP contribution >= 0.6 is 0 Å². The Morgan fingerprint density at radius 2 is 2.20 bits per heavy atom. The molecule has 2 aromatic heterocycles. The van der Waals surface area contributed by atoms with E-state index in [1.54, 1.807) is 18.3 Å². The molecule has 1 aromatic carbocycles. The highest BCUT2D eigenvalue weighted by Gasteiger charge is 2.12. The smallest absolute Gasteiger partial charge is 0.242 e. The molecular weight excluding hydrogens is 256 g/mol. The van der Waals surface area contributed by atoms with Gasteiger partial charge in [0.1, 0.15) is 18.7 Å². The molecule has 3 rings (SSSR count). The summed E-state index contributed by atoms with van der Waals surface area (Å²) in [6.07, 6.45) is 3.11. The third kappa shape index (κ3) is 2.37. The van der Waals surface area contributed by atoms with E-state index in [-0.39, 0.29) is 12.5 Å². The largest absolute Gasteiger partial charge is 0.337 e. The van der Waals surface area contributed by atoms with Gasteiger partial charge in [0.2, 0.25) is 5.91 Å². The van der Waals surface area contributed by atoms with Crippen LogP contribution in [-0.4, -0.2) is 42.6 Å². The van der Waals surface area contributed by atoms with E-state index >= 15 is 0 Å². The molecule has 0 fully saturated rings. The van der Waals surface area contributed by atoms with E-state index in [4.69, 9.17) is 0 Å². The lowest BCUT2D eigenvalue weighted by atomic mass is 10.3. The molecule has 0 aliphatic heterocycles. The fourth-order valence-corrected chi connectivity index (χ4v) is 2.02. The van der Waals surface area contributed by atoms with Gasteiger partial charge in [-0.05, 0) is 12.1 Å². The van der Waals surface area contributed by atoms with Crippen LogP contribution in [0, 0.1) is 0 Å². The monoisotopic (exact) mass is 270 g/mol. The highest BCUT2D eigenvalue weighted by atomic mass is 16.2. The SMILES string of the molecule is CN(Cc1ncn[nH]1)C(=O)Cn1cnc2ccccc21. The molecule has 0 radical (unpaired) electrons. The van der Waals surface area contributed by atoms with Gasteiger partial charge in [-0.1, -0.05) is 12.1 Å². The zero-order valence-corrected chi connectivity index (χ0v) is 11.0. The van der Waals surface area contributed by atoms with E-state index in [2.05, 4.69) is 20.2 Å². The standard InChI is InChI=1S/C13H14N6O/c1-18(6-12-14-8-16-17-12)13(20)7-19-9-15-10-4-2-3-5-11(10)19/h2-5,8-9H,6-7H2,1H3,(H,14,16,17). The molecule has 1 amide bonds. The maximum absolute atomic E-state index is 12.2. The van der Waals surface area contributed by atoms with Crippen LogP contribution in [0.3, 0.4) is 0 Å². The van der Waals surface area contributed by atoms with E-state index in [9.17, 15) is 4.79 Å². The van der Waals surface area contributed by atoms with Gasteiger partial charge in [0, 0.05) is 7.05 Å². The van der Waals surface area contributed by atoms with Gasteiger partial charge in [0.05, 0.1) is 23.9 Å². The molecule has 0 bridgehead atoms. The van der Waals surface area contributed by atoms with Crippen molar-refractivity contribution in [2.75, 3.05) is 7.05 Å². The molecule has 2 heterocycles. The number of aromatic nitrogens is 5. The van der Waals surface area contributed by atoms with E-state index < -0.39 is 0 Å². The summed E-state index contributed by atoms with van der Waals surface area (Å²) in [5.74, 6) is 0.654. The van der Waals surface area contributed by atoms with Crippen LogP contribution in [0.4, 0.5) is 0 Å². The second-order valence-corrected chi connectivity index (χ2v) is 4.54. The Labute approximate surface area is 115 Å². The van der Waals surface area contributed by atoms with Gasteiger partial charge in [-0.2, -0.15) is 5.10 Å². The fraction of sp³-hybridized carbons (Fsp3) is 0.231. The number of hydrogen-bond acceptors (Lipinski definition) is 4. The number of H-pyrrole nitrogens is 1. The van der Waals surface area contributed by atoms with Crippen molar-refractivity contribution in [2.24, 2.45) is 0 Å². The Hall–Kier alpha value is -2.70. The molecule has 0 saturated heterocycles. The summed E-state index contributed by atoms with van der Waals surface area (Å²) in [6, 6.07) is 7.74. The van der Waals surface area contributed by atoms with Crippen LogP contribution in [0.5, 0.6) is 0 Å². The van der Waals surface area contributed by atoms with Crippen LogP contribution in [0.25, 0.3) is 11.0 Å². The van der Waals surface area contributed by atoms with E-state index in [0.29, 0.717) is 12.4 Å². The van der Waals surface area contributed by atoms with Crippen molar-refractivity contribution in [3.8, 4) is 0 Å². The molecule has 102 valence electrons. The first-order valence-electron chi connectivity index (χ1n) is 6.22. The minimum absolute atomic E-state index is 0.00967. The van der Waals surface area contributed by atoms with Crippen molar-refractivity contribution in [1.29, 1.82) is 0 Å². The summed E-state index contributed by atoms with van der Waals surface area (Å²) in [6.45, 7) is 0.663. The summed E-state index contributed by atoms with van der Waals surface area (Å²) in [5.41, 5.74) is 1.84. The maximum Gasteiger partial charge on any atom is 0.242 e. The number of nitrogens with one attached hydrogen (secondary N) is 1. The Morgan fingerprint density at radius 3 is 3.00 bits per heavy atom. The lowest BCUT2D eigenvalue weighted by Crippen LogP contribution is -2.30. The Kier molecular flexibility index (Phi) is 3.16. The van der Waals surface area contributed by atoms with Crippen molar-refractivity contribution < 1.29 is 4.79 Å². The molecule has 0 saturated carbocycles. The van der Waals surface area contributed by atoms with E-state index in [1.165, 1.54) is 6.33 Å². The third-order valence-electron chi connectivity index (χ3n) is 3.11. The van der Waals surface area contributed by atoms with Gasteiger partial charge in [0.25, 0.3) is 0 Å². The number of amides is 1. The molecule has 1 N–H and O–H groups in total. The Morgan fingerprint density at radius 1 is 1.35 bits per heavy atom. The first kappa shape index (κ1) is 12.3. The Balaban J connectivity index is 1.72. The molecule has 3 aromatic rings. The van der Waals surface area contributed by atoms with Crippen LogP contribution < -0.4 is 0 Å². The fourth-order valence-electron chi connectivity index (χ4n) is 2.02. The predicted octanol–water partition coefficient (Wildman–Crippen LogP) is 0.813. The van der Waals surface area contributed by atoms with Gasteiger partial charge in [-0.25, -0.2) is 9.97 Å². The molecule has 0 aliphatic rings. The van der Waals surface area contributed by atoms with Gasteiger partial charge in [0.15, 0.2) is 0 Å². The molecule has 0 atom stereocenters. The number of likely N-dealkylation sites (N-methyl/N-ethyl adjacent to an activating group) is 1. The number of aromatic amines is 1. The number of carbonyl (C=O) groups excluding carboxylic acids is 1. The summed E-state index contributed by atoms with van der Waals surface area (Å²) in [5, 5.41) is 6.50. The van der Waals surface area contributed by atoms with Gasteiger partial charge in [-0.3, -0.25) is 9.89 Å². The normalized spacial score (nSPS) is 10.8. The lowest BCUT2D eigenvalue weighted by Gasteiger charge is -2.16. The average molecular weight is 270 g/mol. The molecule has 7 heteroatoms. The number of hydrogen-bond donors (Lipinski definition) is 1. The summed E-state index contributed by atoms with van der Waals surface area (Å²) >= 11 is 0. The van der Waals surface area contributed by atoms with Crippen LogP contribution in [0.2, 0.25) is 0 Å².